The number of methoxy groups -OCH3 is 1. The zero-order chi connectivity index (χ0) is 12.1. The quantitative estimate of drug-likeness (QED) is 0.694. The number of hydrogen-bond acceptors (Lipinski definition) is 4. The fourth-order valence-electron chi connectivity index (χ4n) is 1.44. The van der Waals surface area contributed by atoms with Crippen LogP contribution in [0.5, 0.6) is 0 Å². The summed E-state index contributed by atoms with van der Waals surface area (Å²) in [6.07, 6.45) is 1.98. The summed E-state index contributed by atoms with van der Waals surface area (Å²) in [7, 11) is 1.28. The number of hydrogen-bond donors (Lipinski definition) is 1. The molecule has 0 spiro atoms. The van der Waals surface area contributed by atoms with Gasteiger partial charge in [-0.1, -0.05) is 6.92 Å². The molecule has 1 rings (SSSR count). The highest BCUT2D eigenvalue weighted by atomic mass is 16.5. The lowest BCUT2D eigenvalue weighted by Crippen LogP contribution is -2.46. The third-order valence-electron chi connectivity index (χ3n) is 2.68. The van der Waals surface area contributed by atoms with Gasteiger partial charge in [0.1, 0.15) is 6.04 Å². The van der Waals surface area contributed by atoms with Crippen molar-refractivity contribution in [2.24, 2.45) is 11.8 Å². The first-order valence-corrected chi connectivity index (χ1v) is 5.35. The van der Waals surface area contributed by atoms with Crippen LogP contribution in [-0.2, 0) is 14.3 Å². The average Bonchev–Trinajstić information content (AvgIpc) is 3.08. The molecule has 2 atom stereocenters. The summed E-state index contributed by atoms with van der Waals surface area (Å²) >= 11 is 0. The van der Waals surface area contributed by atoms with E-state index in [0.29, 0.717) is 0 Å². The van der Waals surface area contributed by atoms with E-state index in [9.17, 15) is 9.59 Å². The molecular formula is C11H16N2O3. The maximum Gasteiger partial charge on any atom is 0.328 e. The van der Waals surface area contributed by atoms with Gasteiger partial charge in [0.2, 0.25) is 5.91 Å². The summed E-state index contributed by atoms with van der Waals surface area (Å²) in [5.74, 6) is -0.793. The van der Waals surface area contributed by atoms with E-state index >= 15 is 0 Å². The van der Waals surface area contributed by atoms with Gasteiger partial charge in [-0.05, 0) is 12.8 Å². The van der Waals surface area contributed by atoms with Crippen LogP contribution in [0.4, 0.5) is 0 Å². The molecule has 5 nitrogen and oxygen atoms in total. The first kappa shape index (κ1) is 12.5. The van der Waals surface area contributed by atoms with Crippen LogP contribution in [-0.4, -0.2) is 25.0 Å². The molecule has 88 valence electrons. The van der Waals surface area contributed by atoms with E-state index in [-0.39, 0.29) is 24.2 Å². The maximum atomic E-state index is 11.5. The van der Waals surface area contributed by atoms with Crippen molar-refractivity contribution >= 4 is 11.9 Å². The number of esters is 1. The molecule has 0 radical (unpaired) electrons. The molecule has 0 heterocycles. The molecule has 1 fully saturated rings. The second-order valence-electron chi connectivity index (χ2n) is 4.12. The van der Waals surface area contributed by atoms with Gasteiger partial charge in [-0.15, -0.1) is 0 Å². The Morgan fingerprint density at radius 3 is 2.62 bits per heavy atom. The van der Waals surface area contributed by atoms with Crippen molar-refractivity contribution in [3.8, 4) is 6.07 Å². The summed E-state index contributed by atoms with van der Waals surface area (Å²) in [5, 5.41) is 11.2. The van der Waals surface area contributed by atoms with Gasteiger partial charge in [0.15, 0.2) is 0 Å². The van der Waals surface area contributed by atoms with E-state index < -0.39 is 12.0 Å². The molecule has 0 bridgehead atoms. The summed E-state index contributed by atoms with van der Waals surface area (Å²) in [6, 6.07) is 1.28. The third-order valence-corrected chi connectivity index (χ3v) is 2.68. The van der Waals surface area contributed by atoms with Crippen LogP contribution >= 0.6 is 0 Å². The molecule has 0 aromatic rings. The minimum Gasteiger partial charge on any atom is -0.467 e. The predicted molar refractivity (Wildman–Crippen MR) is 56.1 cm³/mol. The summed E-state index contributed by atoms with van der Waals surface area (Å²) < 4.78 is 4.62. The van der Waals surface area contributed by atoms with E-state index in [0.717, 1.165) is 12.8 Å². The molecule has 0 unspecified atom stereocenters. The molecule has 5 heteroatoms. The van der Waals surface area contributed by atoms with Crippen LogP contribution in [0, 0.1) is 23.2 Å². The van der Waals surface area contributed by atoms with E-state index in [4.69, 9.17) is 5.26 Å². The van der Waals surface area contributed by atoms with Crippen molar-refractivity contribution in [3.63, 3.8) is 0 Å². The highest BCUT2D eigenvalue weighted by Crippen LogP contribution is 2.29. The Morgan fingerprint density at radius 2 is 2.19 bits per heavy atom. The predicted octanol–water partition coefficient (Wildman–Crippen LogP) is 0.604. The van der Waals surface area contributed by atoms with Crippen LogP contribution in [0.2, 0.25) is 0 Å². The van der Waals surface area contributed by atoms with Gasteiger partial charge >= 0.3 is 5.97 Å². The average molecular weight is 224 g/mol. The normalized spacial score (nSPS) is 18.1. The molecule has 1 N–H and O–H groups in total. The minimum absolute atomic E-state index is 0.0430. The topological polar surface area (TPSA) is 79.2 Å². The van der Waals surface area contributed by atoms with Gasteiger partial charge in [-0.2, -0.15) is 5.26 Å². The van der Waals surface area contributed by atoms with E-state index in [1.807, 2.05) is 6.07 Å². The molecule has 0 aromatic carbocycles. The van der Waals surface area contributed by atoms with Crippen molar-refractivity contribution in [3.05, 3.63) is 0 Å². The van der Waals surface area contributed by atoms with Gasteiger partial charge in [-0.25, -0.2) is 4.79 Å². The van der Waals surface area contributed by atoms with Gasteiger partial charge in [0, 0.05) is 18.3 Å². The molecule has 16 heavy (non-hydrogen) atoms. The Bertz CT molecular complexity index is 318. The third kappa shape index (κ3) is 3.23. The monoisotopic (exact) mass is 224 g/mol. The van der Waals surface area contributed by atoms with E-state index in [2.05, 4.69) is 10.1 Å². The van der Waals surface area contributed by atoms with E-state index in [1.165, 1.54) is 7.11 Å². The summed E-state index contributed by atoms with van der Waals surface area (Å²) in [4.78, 5) is 23.0. The first-order chi connectivity index (χ1) is 7.60. The lowest BCUT2D eigenvalue weighted by atomic mass is 9.99. The fourth-order valence-corrected chi connectivity index (χ4v) is 1.44. The number of nitrogens with one attached hydrogen (secondary N) is 1. The lowest BCUT2D eigenvalue weighted by Gasteiger charge is -2.20. The van der Waals surface area contributed by atoms with Crippen LogP contribution in [0.25, 0.3) is 0 Å². The van der Waals surface area contributed by atoms with Crippen LogP contribution in [0.3, 0.4) is 0 Å². The Balaban J connectivity index is 2.59. The minimum atomic E-state index is -0.710. The number of carbonyl (C=O) groups is 2. The standard InChI is InChI=1S/C11H16N2O3/c1-7(5-6-12)9(11(15)16-2)13-10(14)8-3-4-8/h7-9H,3-5H2,1-2H3,(H,13,14)/t7-,9-/m1/s1. The molecule has 1 saturated carbocycles. The Hall–Kier alpha value is -1.57. The van der Waals surface area contributed by atoms with Gasteiger partial charge in [-0.3, -0.25) is 4.79 Å². The molecule has 0 saturated heterocycles. The van der Waals surface area contributed by atoms with Crippen molar-refractivity contribution in [2.75, 3.05) is 7.11 Å². The Morgan fingerprint density at radius 1 is 1.56 bits per heavy atom. The zero-order valence-electron chi connectivity index (χ0n) is 9.53. The summed E-state index contributed by atoms with van der Waals surface area (Å²) in [6.45, 7) is 1.75. The molecular weight excluding hydrogens is 208 g/mol. The Labute approximate surface area is 94.8 Å². The SMILES string of the molecule is COC(=O)[C@H](NC(=O)C1CC1)[C@H](C)CC#N. The fraction of sp³-hybridized carbons (Fsp3) is 0.727. The first-order valence-electron chi connectivity index (χ1n) is 5.35. The molecule has 0 aromatic heterocycles. The highest BCUT2D eigenvalue weighted by molar-refractivity contribution is 5.87. The summed E-state index contributed by atoms with van der Waals surface area (Å²) in [5.41, 5.74) is 0. The van der Waals surface area contributed by atoms with Crippen molar-refractivity contribution in [1.29, 1.82) is 5.26 Å². The largest absolute Gasteiger partial charge is 0.467 e. The molecule has 1 aliphatic carbocycles. The van der Waals surface area contributed by atoms with Crippen LogP contribution < -0.4 is 5.32 Å². The van der Waals surface area contributed by atoms with Gasteiger partial charge < -0.3 is 10.1 Å². The number of rotatable bonds is 5. The van der Waals surface area contributed by atoms with E-state index in [1.54, 1.807) is 6.92 Å². The highest BCUT2D eigenvalue weighted by Gasteiger charge is 2.34. The van der Waals surface area contributed by atoms with Crippen LogP contribution in [0.15, 0.2) is 0 Å². The van der Waals surface area contributed by atoms with Crippen LogP contribution in [0.1, 0.15) is 26.2 Å². The van der Waals surface area contributed by atoms with Crippen molar-refractivity contribution in [2.45, 2.75) is 32.2 Å². The number of nitrogens with zero attached hydrogens (tertiary/aromatic N) is 1. The maximum absolute atomic E-state index is 11.5. The molecule has 1 amide bonds. The number of nitriles is 1. The second kappa shape index (κ2) is 5.50. The number of ether oxygens (including phenoxy) is 1. The van der Waals surface area contributed by atoms with Gasteiger partial charge in [0.05, 0.1) is 13.2 Å². The van der Waals surface area contributed by atoms with Crippen molar-refractivity contribution < 1.29 is 14.3 Å². The molecule has 1 aliphatic rings. The number of amides is 1. The molecule has 0 aliphatic heterocycles. The Kier molecular flexibility index (Phi) is 4.29. The second-order valence-corrected chi connectivity index (χ2v) is 4.12. The number of carbonyl (C=O) groups excluding carboxylic acids is 2. The van der Waals surface area contributed by atoms with Gasteiger partial charge in [0.25, 0.3) is 0 Å². The lowest BCUT2D eigenvalue weighted by molar-refractivity contribution is -0.146. The smallest absolute Gasteiger partial charge is 0.328 e. The van der Waals surface area contributed by atoms with Crippen molar-refractivity contribution in [1.82, 2.24) is 5.32 Å². The zero-order valence-corrected chi connectivity index (χ0v) is 9.53.